The fraction of sp³-hybridized carbons (Fsp3) is 0. The number of para-hydroxylation sites is 1. The van der Waals surface area contributed by atoms with Gasteiger partial charge in [0.2, 0.25) is 5.16 Å². The molecule has 2 N–H and O–H groups in total. The summed E-state index contributed by atoms with van der Waals surface area (Å²) >= 11 is 4.42. The van der Waals surface area contributed by atoms with Crippen molar-refractivity contribution in [2.75, 3.05) is 5.73 Å². The Morgan fingerprint density at radius 2 is 1.95 bits per heavy atom. The summed E-state index contributed by atoms with van der Waals surface area (Å²) in [5.74, 6) is -0.403. The molecule has 1 heterocycles. The normalized spacial score (nSPS) is 10.8. The van der Waals surface area contributed by atoms with Crippen molar-refractivity contribution in [1.82, 2.24) is 20.2 Å². The van der Waals surface area contributed by atoms with Gasteiger partial charge in [-0.2, -0.15) is 4.68 Å². The highest BCUT2D eigenvalue weighted by atomic mass is 79.9. The molecule has 2 aromatic carbocycles. The molecule has 0 unspecified atom stereocenters. The molecule has 0 spiro atoms. The smallest absolute Gasteiger partial charge is 0.218 e. The molecule has 0 radical (unpaired) electrons. The number of halogens is 2. The van der Waals surface area contributed by atoms with Crippen LogP contribution >= 0.6 is 27.7 Å². The Bertz CT molecular complexity index is 777. The van der Waals surface area contributed by atoms with Crippen LogP contribution < -0.4 is 5.73 Å². The lowest BCUT2D eigenvalue weighted by molar-refractivity contribution is 0.620. The van der Waals surface area contributed by atoms with Crippen molar-refractivity contribution >= 4 is 33.4 Å². The van der Waals surface area contributed by atoms with Gasteiger partial charge in [-0.25, -0.2) is 4.39 Å². The van der Waals surface area contributed by atoms with Crippen molar-refractivity contribution in [2.45, 2.75) is 10.1 Å². The minimum atomic E-state index is -0.403. The van der Waals surface area contributed by atoms with Crippen molar-refractivity contribution in [3.63, 3.8) is 0 Å². The quantitative estimate of drug-likeness (QED) is 0.721. The van der Waals surface area contributed by atoms with Crippen LogP contribution in [-0.4, -0.2) is 20.2 Å². The van der Waals surface area contributed by atoms with E-state index in [2.05, 4.69) is 31.5 Å². The van der Waals surface area contributed by atoms with Gasteiger partial charge in [0.15, 0.2) is 0 Å². The van der Waals surface area contributed by atoms with Gasteiger partial charge in [-0.3, -0.25) is 0 Å². The zero-order valence-corrected chi connectivity index (χ0v) is 13.0. The molecule has 0 atom stereocenters. The monoisotopic (exact) mass is 365 g/mol. The van der Waals surface area contributed by atoms with Gasteiger partial charge >= 0.3 is 0 Å². The molecule has 5 nitrogen and oxygen atoms in total. The van der Waals surface area contributed by atoms with Gasteiger partial charge in [-0.15, -0.1) is 5.10 Å². The minimum absolute atomic E-state index is 0.336. The Labute approximate surface area is 132 Å². The molecule has 21 heavy (non-hydrogen) atoms. The number of nitrogens with two attached hydrogens (primary N) is 1. The largest absolute Gasteiger partial charge is 0.398 e. The summed E-state index contributed by atoms with van der Waals surface area (Å²) < 4.78 is 15.3. The maximum atomic E-state index is 13.4. The molecule has 0 aliphatic heterocycles. The fourth-order valence-corrected chi connectivity index (χ4v) is 3.06. The lowest BCUT2D eigenvalue weighted by Crippen LogP contribution is -1.99. The summed E-state index contributed by atoms with van der Waals surface area (Å²) in [6.07, 6.45) is 0. The number of hydrogen-bond donors (Lipinski definition) is 1. The van der Waals surface area contributed by atoms with E-state index in [-0.39, 0.29) is 0 Å². The second-order valence-electron chi connectivity index (χ2n) is 4.12. The second kappa shape index (κ2) is 5.82. The van der Waals surface area contributed by atoms with E-state index in [1.54, 1.807) is 10.7 Å². The molecule has 3 aromatic rings. The first-order chi connectivity index (χ1) is 10.1. The highest BCUT2D eigenvalue weighted by Crippen LogP contribution is 2.34. The molecule has 0 bridgehead atoms. The first-order valence-electron chi connectivity index (χ1n) is 5.91. The first-order valence-corrected chi connectivity index (χ1v) is 7.52. The Hall–Kier alpha value is -1.93. The summed E-state index contributed by atoms with van der Waals surface area (Å²) in [5.41, 5.74) is 7.01. The maximum Gasteiger partial charge on any atom is 0.218 e. The van der Waals surface area contributed by atoms with E-state index in [0.29, 0.717) is 20.2 Å². The number of rotatable bonds is 3. The summed E-state index contributed by atoms with van der Waals surface area (Å²) in [4.78, 5) is 0.676. The average molecular weight is 366 g/mol. The van der Waals surface area contributed by atoms with E-state index >= 15 is 0 Å². The third kappa shape index (κ3) is 2.91. The predicted octanol–water partition coefficient (Wildman–Crippen LogP) is 3.30. The van der Waals surface area contributed by atoms with Gasteiger partial charge in [0.05, 0.1) is 10.2 Å². The molecular formula is C13H9BrFN5S. The third-order valence-corrected chi connectivity index (χ3v) is 4.31. The van der Waals surface area contributed by atoms with Crippen molar-refractivity contribution in [1.29, 1.82) is 0 Å². The van der Waals surface area contributed by atoms with Crippen LogP contribution in [0.25, 0.3) is 5.69 Å². The molecule has 0 amide bonds. The number of anilines is 1. The molecule has 1 aromatic heterocycles. The lowest BCUT2D eigenvalue weighted by Gasteiger charge is -2.07. The first kappa shape index (κ1) is 14.0. The topological polar surface area (TPSA) is 69.6 Å². The van der Waals surface area contributed by atoms with E-state index in [0.717, 1.165) is 5.69 Å². The Morgan fingerprint density at radius 3 is 2.71 bits per heavy atom. The van der Waals surface area contributed by atoms with Gasteiger partial charge in [0, 0.05) is 10.6 Å². The van der Waals surface area contributed by atoms with Gasteiger partial charge in [-0.05, 0) is 62.4 Å². The van der Waals surface area contributed by atoms with Crippen LogP contribution in [0.4, 0.5) is 10.1 Å². The SMILES string of the molecule is Nc1cc(F)c(Br)cc1Sc1nnnn1-c1ccccc1. The van der Waals surface area contributed by atoms with Crippen LogP contribution in [0.1, 0.15) is 0 Å². The predicted molar refractivity (Wildman–Crippen MR) is 81.8 cm³/mol. The van der Waals surface area contributed by atoms with Crippen LogP contribution in [0, 0.1) is 5.82 Å². The summed E-state index contributed by atoms with van der Waals surface area (Å²) in [6, 6.07) is 12.4. The van der Waals surface area contributed by atoms with Crippen LogP contribution in [0.15, 0.2) is 57.0 Å². The summed E-state index contributed by atoms with van der Waals surface area (Å²) in [7, 11) is 0. The van der Waals surface area contributed by atoms with Gasteiger partial charge in [0.1, 0.15) is 5.82 Å². The minimum Gasteiger partial charge on any atom is -0.398 e. The number of benzene rings is 2. The standard InChI is InChI=1S/C13H9BrFN5S/c14-9-6-12(11(16)7-10(9)15)21-13-17-18-19-20(13)8-4-2-1-3-5-8/h1-7H,16H2. The number of nitrogen functional groups attached to an aromatic ring is 1. The zero-order valence-electron chi connectivity index (χ0n) is 10.6. The van der Waals surface area contributed by atoms with E-state index in [1.807, 2.05) is 30.3 Å². The summed E-state index contributed by atoms with van der Waals surface area (Å²) in [5, 5.41) is 12.2. The van der Waals surface area contributed by atoms with Crippen LogP contribution in [0.3, 0.4) is 0 Å². The molecular weight excluding hydrogens is 357 g/mol. The lowest BCUT2D eigenvalue weighted by atomic mass is 10.3. The third-order valence-electron chi connectivity index (χ3n) is 2.70. The van der Waals surface area contributed by atoms with Crippen molar-refractivity contribution in [3.8, 4) is 5.69 Å². The van der Waals surface area contributed by atoms with Crippen molar-refractivity contribution < 1.29 is 4.39 Å². The van der Waals surface area contributed by atoms with Gasteiger partial charge in [0.25, 0.3) is 0 Å². The molecule has 0 saturated carbocycles. The van der Waals surface area contributed by atoms with E-state index in [9.17, 15) is 4.39 Å². The number of tetrazole rings is 1. The molecule has 0 saturated heterocycles. The molecule has 3 rings (SSSR count). The molecule has 0 aliphatic carbocycles. The van der Waals surface area contributed by atoms with Crippen LogP contribution in [0.5, 0.6) is 0 Å². The van der Waals surface area contributed by atoms with E-state index in [1.165, 1.54) is 17.8 Å². The average Bonchev–Trinajstić information content (AvgIpc) is 2.94. The molecule has 0 fully saturated rings. The van der Waals surface area contributed by atoms with E-state index < -0.39 is 5.82 Å². The Morgan fingerprint density at radius 1 is 1.19 bits per heavy atom. The molecule has 8 heteroatoms. The maximum absolute atomic E-state index is 13.4. The number of hydrogen-bond acceptors (Lipinski definition) is 5. The fourth-order valence-electron chi connectivity index (χ4n) is 1.70. The number of nitrogens with zero attached hydrogens (tertiary/aromatic N) is 4. The second-order valence-corrected chi connectivity index (χ2v) is 5.98. The molecule has 0 aliphatic rings. The van der Waals surface area contributed by atoms with Gasteiger partial charge in [-0.1, -0.05) is 18.2 Å². The van der Waals surface area contributed by atoms with E-state index in [4.69, 9.17) is 5.73 Å². The summed E-state index contributed by atoms with van der Waals surface area (Å²) in [6.45, 7) is 0. The van der Waals surface area contributed by atoms with Crippen molar-refractivity contribution in [3.05, 3.63) is 52.8 Å². The van der Waals surface area contributed by atoms with Gasteiger partial charge < -0.3 is 5.73 Å². The Kier molecular flexibility index (Phi) is 3.89. The van der Waals surface area contributed by atoms with Crippen molar-refractivity contribution in [2.24, 2.45) is 0 Å². The molecule has 106 valence electrons. The highest BCUT2D eigenvalue weighted by molar-refractivity contribution is 9.10. The Balaban J connectivity index is 1.97. The number of aromatic nitrogens is 4. The highest BCUT2D eigenvalue weighted by Gasteiger charge is 2.13. The van der Waals surface area contributed by atoms with Crippen LogP contribution in [0.2, 0.25) is 0 Å². The zero-order chi connectivity index (χ0) is 14.8. The van der Waals surface area contributed by atoms with Crippen LogP contribution in [-0.2, 0) is 0 Å².